The van der Waals surface area contributed by atoms with Gasteiger partial charge in [-0.25, -0.2) is 4.98 Å². The van der Waals surface area contributed by atoms with Crippen LogP contribution in [0.15, 0.2) is 60.8 Å². The van der Waals surface area contributed by atoms with Crippen LogP contribution in [0.25, 0.3) is 22.6 Å². The Balaban J connectivity index is 2.03. The highest BCUT2D eigenvalue weighted by molar-refractivity contribution is 5.66. The molecule has 1 N–H and O–H groups in total. The monoisotopic (exact) mass is 234 g/mol. The number of hydrogen-bond acceptors (Lipinski definition) is 1. The van der Waals surface area contributed by atoms with Gasteiger partial charge in [-0.1, -0.05) is 54.6 Å². The van der Waals surface area contributed by atoms with Gasteiger partial charge in [-0.3, -0.25) is 0 Å². The lowest BCUT2D eigenvalue weighted by atomic mass is 10.1. The average Bonchev–Trinajstić information content (AvgIpc) is 2.90. The number of aromatic amines is 1. The van der Waals surface area contributed by atoms with E-state index in [1.165, 1.54) is 11.1 Å². The molecule has 0 bridgehead atoms. The van der Waals surface area contributed by atoms with E-state index in [1.807, 2.05) is 36.5 Å². The van der Waals surface area contributed by atoms with E-state index in [2.05, 4.69) is 41.2 Å². The zero-order valence-corrected chi connectivity index (χ0v) is 10.2. The van der Waals surface area contributed by atoms with Gasteiger partial charge in [0.1, 0.15) is 5.82 Å². The molecule has 3 aromatic rings. The normalized spacial score (nSPS) is 10.5. The van der Waals surface area contributed by atoms with Crippen LogP contribution >= 0.6 is 0 Å². The molecule has 88 valence electrons. The van der Waals surface area contributed by atoms with Gasteiger partial charge in [0.15, 0.2) is 0 Å². The first kappa shape index (κ1) is 10.8. The van der Waals surface area contributed by atoms with Crippen LogP contribution in [0.3, 0.4) is 0 Å². The topological polar surface area (TPSA) is 28.7 Å². The molecule has 1 heterocycles. The van der Waals surface area contributed by atoms with Gasteiger partial charge in [-0.2, -0.15) is 0 Å². The van der Waals surface area contributed by atoms with Crippen molar-refractivity contribution in [3.63, 3.8) is 0 Å². The lowest BCUT2D eigenvalue weighted by Crippen LogP contribution is -1.83. The van der Waals surface area contributed by atoms with Crippen molar-refractivity contribution >= 4 is 0 Å². The molecular weight excluding hydrogens is 220 g/mol. The highest BCUT2D eigenvalue weighted by Crippen LogP contribution is 2.24. The summed E-state index contributed by atoms with van der Waals surface area (Å²) in [6, 6.07) is 18.4. The Hall–Kier alpha value is -2.35. The van der Waals surface area contributed by atoms with Crippen molar-refractivity contribution < 1.29 is 0 Å². The van der Waals surface area contributed by atoms with E-state index in [-0.39, 0.29) is 0 Å². The molecule has 0 saturated heterocycles. The minimum Gasteiger partial charge on any atom is -0.344 e. The van der Waals surface area contributed by atoms with E-state index in [0.29, 0.717) is 0 Å². The Morgan fingerprint density at radius 1 is 0.889 bits per heavy atom. The van der Waals surface area contributed by atoms with Crippen molar-refractivity contribution in [1.29, 1.82) is 0 Å². The van der Waals surface area contributed by atoms with Crippen molar-refractivity contribution in [2.75, 3.05) is 0 Å². The van der Waals surface area contributed by atoms with Crippen molar-refractivity contribution in [2.45, 2.75) is 6.92 Å². The Morgan fingerprint density at radius 2 is 1.61 bits per heavy atom. The average molecular weight is 234 g/mol. The summed E-state index contributed by atoms with van der Waals surface area (Å²) >= 11 is 0. The van der Waals surface area contributed by atoms with E-state index in [1.54, 1.807) is 0 Å². The highest BCUT2D eigenvalue weighted by atomic mass is 14.9. The standard InChI is InChI=1S/C16H14N2/c1-12-7-5-6-10-14(12)15-11-17-16(18-15)13-8-3-2-4-9-13/h2-11H,1H3,(H,17,18). The van der Waals surface area contributed by atoms with Crippen LogP contribution in [-0.2, 0) is 0 Å². The maximum atomic E-state index is 4.66. The zero-order chi connectivity index (χ0) is 12.4. The molecular formula is C16H14N2. The Bertz CT molecular complexity index is 654. The third kappa shape index (κ3) is 1.93. The van der Waals surface area contributed by atoms with Gasteiger partial charge in [0.25, 0.3) is 0 Å². The lowest BCUT2D eigenvalue weighted by molar-refractivity contribution is 1.31. The predicted molar refractivity (Wildman–Crippen MR) is 74.2 cm³/mol. The van der Waals surface area contributed by atoms with Crippen molar-refractivity contribution in [3.8, 4) is 22.6 Å². The maximum absolute atomic E-state index is 4.66. The second-order valence-electron chi connectivity index (χ2n) is 4.32. The molecule has 0 spiro atoms. The third-order valence-electron chi connectivity index (χ3n) is 3.05. The zero-order valence-electron chi connectivity index (χ0n) is 10.2. The van der Waals surface area contributed by atoms with E-state index in [9.17, 15) is 0 Å². The summed E-state index contributed by atoms with van der Waals surface area (Å²) in [6.45, 7) is 2.10. The van der Waals surface area contributed by atoms with Crippen LogP contribution in [0.1, 0.15) is 5.56 Å². The first-order valence-electron chi connectivity index (χ1n) is 6.01. The molecule has 1 aromatic heterocycles. The van der Waals surface area contributed by atoms with E-state index >= 15 is 0 Å². The first-order valence-corrected chi connectivity index (χ1v) is 6.01. The van der Waals surface area contributed by atoms with Crippen LogP contribution in [0.2, 0.25) is 0 Å². The molecule has 2 nitrogen and oxygen atoms in total. The second-order valence-corrected chi connectivity index (χ2v) is 4.32. The minimum atomic E-state index is 0.911. The van der Waals surface area contributed by atoms with Crippen LogP contribution < -0.4 is 0 Å². The number of aryl methyl sites for hydroxylation is 1. The van der Waals surface area contributed by atoms with Crippen LogP contribution in [-0.4, -0.2) is 9.97 Å². The van der Waals surface area contributed by atoms with Crippen molar-refractivity contribution in [1.82, 2.24) is 9.97 Å². The van der Waals surface area contributed by atoms with Gasteiger partial charge in [0, 0.05) is 17.3 Å². The van der Waals surface area contributed by atoms with Gasteiger partial charge < -0.3 is 4.98 Å². The van der Waals surface area contributed by atoms with Gasteiger partial charge in [-0.05, 0) is 12.5 Å². The number of benzene rings is 2. The fourth-order valence-electron chi connectivity index (χ4n) is 2.06. The summed E-state index contributed by atoms with van der Waals surface area (Å²) in [6.07, 6.45) is 1.96. The van der Waals surface area contributed by atoms with Crippen LogP contribution in [0, 0.1) is 6.92 Å². The second kappa shape index (κ2) is 4.49. The molecule has 0 aliphatic heterocycles. The fourth-order valence-corrected chi connectivity index (χ4v) is 2.06. The Labute approximate surface area is 106 Å². The number of nitrogens with zero attached hydrogens (tertiary/aromatic N) is 1. The number of nitrogens with one attached hydrogen (secondary N) is 1. The molecule has 0 radical (unpaired) electrons. The van der Waals surface area contributed by atoms with Gasteiger partial charge in [-0.15, -0.1) is 0 Å². The lowest BCUT2D eigenvalue weighted by Gasteiger charge is -2.00. The molecule has 18 heavy (non-hydrogen) atoms. The summed E-state index contributed by atoms with van der Waals surface area (Å²) in [5.74, 6) is 0.911. The summed E-state index contributed by atoms with van der Waals surface area (Å²) in [5.41, 5.74) is 4.52. The summed E-state index contributed by atoms with van der Waals surface area (Å²) < 4.78 is 0. The number of rotatable bonds is 2. The Morgan fingerprint density at radius 3 is 2.39 bits per heavy atom. The van der Waals surface area contributed by atoms with Gasteiger partial charge >= 0.3 is 0 Å². The summed E-state index contributed by atoms with van der Waals surface area (Å²) in [4.78, 5) is 7.89. The smallest absolute Gasteiger partial charge is 0.138 e. The molecule has 0 saturated carbocycles. The highest BCUT2D eigenvalue weighted by Gasteiger charge is 2.06. The van der Waals surface area contributed by atoms with Crippen molar-refractivity contribution in [3.05, 3.63) is 66.4 Å². The number of hydrogen-bond donors (Lipinski definition) is 1. The molecule has 0 fully saturated rings. The molecule has 3 rings (SSSR count). The Kier molecular flexibility index (Phi) is 2.69. The number of H-pyrrole nitrogens is 1. The quantitative estimate of drug-likeness (QED) is 0.712. The fraction of sp³-hybridized carbons (Fsp3) is 0.0625. The summed E-state index contributed by atoms with van der Waals surface area (Å²) in [5, 5.41) is 0. The van der Waals surface area contributed by atoms with Crippen LogP contribution in [0.4, 0.5) is 0 Å². The molecule has 0 aliphatic carbocycles. The molecule has 0 atom stereocenters. The van der Waals surface area contributed by atoms with Gasteiger partial charge in [0.05, 0.1) is 5.69 Å². The minimum absolute atomic E-state index is 0.911. The molecule has 0 aliphatic rings. The molecule has 0 amide bonds. The molecule has 0 unspecified atom stereocenters. The summed E-state index contributed by atoms with van der Waals surface area (Å²) in [7, 11) is 0. The first-order chi connectivity index (χ1) is 8.84. The third-order valence-corrected chi connectivity index (χ3v) is 3.05. The van der Waals surface area contributed by atoms with Crippen molar-refractivity contribution in [2.24, 2.45) is 0 Å². The number of aromatic nitrogens is 2. The molecule has 2 aromatic carbocycles. The van der Waals surface area contributed by atoms with Gasteiger partial charge in [0.2, 0.25) is 0 Å². The maximum Gasteiger partial charge on any atom is 0.138 e. The largest absolute Gasteiger partial charge is 0.344 e. The SMILES string of the molecule is Cc1ccccc1-c1c[nH]c(-c2ccccc2)n1. The predicted octanol–water partition coefficient (Wildman–Crippen LogP) is 4.05. The van der Waals surface area contributed by atoms with E-state index < -0.39 is 0 Å². The van der Waals surface area contributed by atoms with Crippen LogP contribution in [0.5, 0.6) is 0 Å². The number of imidazole rings is 1. The van der Waals surface area contributed by atoms with E-state index in [4.69, 9.17) is 0 Å². The van der Waals surface area contributed by atoms with E-state index in [0.717, 1.165) is 17.1 Å². The molecule has 2 heteroatoms.